The first-order valence-electron chi connectivity index (χ1n) is 6.49. The van der Waals surface area contributed by atoms with Crippen LogP contribution < -0.4 is 16.0 Å². The number of nitrogens with one attached hydrogen (secondary N) is 1. The summed E-state index contributed by atoms with van der Waals surface area (Å²) in [6.45, 7) is 2.72. The zero-order valence-corrected chi connectivity index (χ0v) is 11.6. The Morgan fingerprint density at radius 1 is 1.40 bits per heavy atom. The number of halogens is 1. The molecular weight excluding hydrogens is 259 g/mol. The largest absolute Gasteiger partial charge is 0.493 e. The number of hydrogen-bond donors (Lipinski definition) is 2. The van der Waals surface area contributed by atoms with E-state index in [0.29, 0.717) is 12.2 Å². The van der Waals surface area contributed by atoms with Gasteiger partial charge in [0.25, 0.3) is 0 Å². The zero-order chi connectivity index (χ0) is 14.5. The van der Waals surface area contributed by atoms with Crippen LogP contribution in [-0.4, -0.2) is 16.9 Å². The first-order valence-corrected chi connectivity index (χ1v) is 6.49. The molecule has 1 aromatic carbocycles. The molecule has 6 heteroatoms. The van der Waals surface area contributed by atoms with Crippen LogP contribution in [-0.2, 0) is 13.0 Å². The highest BCUT2D eigenvalue weighted by atomic mass is 19.1. The topological polar surface area (TPSA) is 65.1 Å². The Bertz CT molecular complexity index is 531. The monoisotopic (exact) mass is 278 g/mol. The summed E-state index contributed by atoms with van der Waals surface area (Å²) in [6, 6.07) is 6.23. The van der Waals surface area contributed by atoms with Crippen LogP contribution in [0.15, 0.2) is 30.5 Å². The molecule has 108 valence electrons. The van der Waals surface area contributed by atoms with Crippen molar-refractivity contribution in [3.8, 4) is 5.75 Å². The van der Waals surface area contributed by atoms with Gasteiger partial charge in [0.2, 0.25) is 0 Å². The SMILES string of the molecule is CCn1ncc(OC)c1C(Cc1ccc(F)cc1)NN. The number of benzene rings is 1. The molecule has 0 fully saturated rings. The van der Waals surface area contributed by atoms with Gasteiger partial charge in [-0.3, -0.25) is 16.0 Å². The third-order valence-electron chi connectivity index (χ3n) is 3.25. The fourth-order valence-corrected chi connectivity index (χ4v) is 2.23. The number of nitrogens with zero attached hydrogens (tertiary/aromatic N) is 2. The standard InChI is InChI=1S/C14H19FN4O/c1-3-19-14(13(20-2)9-17-19)12(18-16)8-10-4-6-11(15)7-5-10/h4-7,9,12,18H,3,8,16H2,1-2H3. The number of hydrogen-bond acceptors (Lipinski definition) is 4. The molecule has 1 heterocycles. The van der Waals surface area contributed by atoms with E-state index < -0.39 is 0 Å². The summed E-state index contributed by atoms with van der Waals surface area (Å²) >= 11 is 0. The molecule has 0 saturated carbocycles. The molecule has 5 nitrogen and oxygen atoms in total. The number of ether oxygens (including phenoxy) is 1. The van der Waals surface area contributed by atoms with E-state index >= 15 is 0 Å². The number of methoxy groups -OCH3 is 1. The first-order chi connectivity index (χ1) is 9.69. The third kappa shape index (κ3) is 2.97. The average Bonchev–Trinajstić information content (AvgIpc) is 2.89. The van der Waals surface area contributed by atoms with Crippen molar-refractivity contribution in [3.05, 3.63) is 47.5 Å². The van der Waals surface area contributed by atoms with Crippen molar-refractivity contribution < 1.29 is 9.13 Å². The molecule has 0 radical (unpaired) electrons. The van der Waals surface area contributed by atoms with Gasteiger partial charge in [0.1, 0.15) is 5.82 Å². The Labute approximate surface area is 117 Å². The van der Waals surface area contributed by atoms with Gasteiger partial charge in [0, 0.05) is 6.54 Å². The van der Waals surface area contributed by atoms with Gasteiger partial charge in [-0.1, -0.05) is 12.1 Å². The smallest absolute Gasteiger partial charge is 0.161 e. The molecule has 0 aliphatic carbocycles. The Morgan fingerprint density at radius 3 is 2.65 bits per heavy atom. The minimum absolute atomic E-state index is 0.155. The van der Waals surface area contributed by atoms with Crippen LogP contribution in [0.4, 0.5) is 4.39 Å². The van der Waals surface area contributed by atoms with E-state index in [2.05, 4.69) is 10.5 Å². The van der Waals surface area contributed by atoms with E-state index in [9.17, 15) is 4.39 Å². The Morgan fingerprint density at radius 2 is 2.10 bits per heavy atom. The van der Waals surface area contributed by atoms with E-state index in [1.165, 1.54) is 12.1 Å². The van der Waals surface area contributed by atoms with Gasteiger partial charge >= 0.3 is 0 Å². The Balaban J connectivity index is 2.27. The third-order valence-corrected chi connectivity index (χ3v) is 3.25. The molecule has 2 rings (SSSR count). The van der Waals surface area contributed by atoms with Crippen molar-refractivity contribution in [2.24, 2.45) is 5.84 Å². The lowest BCUT2D eigenvalue weighted by atomic mass is 10.0. The summed E-state index contributed by atoms with van der Waals surface area (Å²) in [5, 5.41) is 4.27. The molecule has 0 saturated heterocycles. The lowest BCUT2D eigenvalue weighted by Gasteiger charge is -2.18. The van der Waals surface area contributed by atoms with Gasteiger partial charge in [-0.2, -0.15) is 5.10 Å². The summed E-state index contributed by atoms with van der Waals surface area (Å²) in [6.07, 6.45) is 2.30. The first kappa shape index (κ1) is 14.5. The van der Waals surface area contributed by atoms with Crippen molar-refractivity contribution in [2.45, 2.75) is 25.9 Å². The predicted octanol–water partition coefficient (Wildman–Crippen LogP) is 1.80. The van der Waals surface area contributed by atoms with E-state index in [1.54, 1.807) is 25.4 Å². The maximum absolute atomic E-state index is 12.9. The fraction of sp³-hybridized carbons (Fsp3) is 0.357. The van der Waals surface area contributed by atoms with Crippen LogP contribution in [0.2, 0.25) is 0 Å². The van der Waals surface area contributed by atoms with Crippen molar-refractivity contribution in [3.63, 3.8) is 0 Å². The molecule has 1 unspecified atom stereocenters. The molecule has 3 N–H and O–H groups in total. The Hall–Kier alpha value is -1.92. The van der Waals surface area contributed by atoms with Gasteiger partial charge in [-0.05, 0) is 31.0 Å². The van der Waals surface area contributed by atoms with E-state index in [0.717, 1.165) is 17.8 Å². The van der Waals surface area contributed by atoms with Crippen molar-refractivity contribution in [1.29, 1.82) is 0 Å². The lowest BCUT2D eigenvalue weighted by molar-refractivity contribution is 0.391. The quantitative estimate of drug-likeness (QED) is 0.624. The number of aromatic nitrogens is 2. The number of hydrazine groups is 1. The summed E-state index contributed by atoms with van der Waals surface area (Å²) in [5.74, 6) is 6.11. The van der Waals surface area contributed by atoms with E-state index in [-0.39, 0.29) is 11.9 Å². The minimum atomic E-state index is -0.248. The fourth-order valence-electron chi connectivity index (χ4n) is 2.23. The molecule has 2 aromatic rings. The van der Waals surface area contributed by atoms with Crippen LogP contribution >= 0.6 is 0 Å². The van der Waals surface area contributed by atoms with Crippen molar-refractivity contribution >= 4 is 0 Å². The lowest BCUT2D eigenvalue weighted by Crippen LogP contribution is -2.31. The highest BCUT2D eigenvalue weighted by molar-refractivity contribution is 5.30. The maximum Gasteiger partial charge on any atom is 0.161 e. The zero-order valence-electron chi connectivity index (χ0n) is 11.6. The van der Waals surface area contributed by atoms with Gasteiger partial charge < -0.3 is 4.74 Å². The highest BCUT2D eigenvalue weighted by Crippen LogP contribution is 2.27. The van der Waals surface area contributed by atoms with Crippen LogP contribution in [0.3, 0.4) is 0 Å². The molecular formula is C14H19FN4O. The second-order valence-corrected chi connectivity index (χ2v) is 4.46. The second-order valence-electron chi connectivity index (χ2n) is 4.46. The van der Waals surface area contributed by atoms with Crippen LogP contribution in [0.5, 0.6) is 5.75 Å². The molecule has 0 spiro atoms. The van der Waals surface area contributed by atoms with Gasteiger partial charge in [0.05, 0.1) is 25.0 Å². The summed E-state index contributed by atoms with van der Waals surface area (Å²) in [5.41, 5.74) is 4.66. The van der Waals surface area contributed by atoms with Gasteiger partial charge in [-0.25, -0.2) is 4.39 Å². The maximum atomic E-state index is 12.9. The predicted molar refractivity (Wildman–Crippen MR) is 74.6 cm³/mol. The van der Waals surface area contributed by atoms with Gasteiger partial charge in [-0.15, -0.1) is 0 Å². The number of nitrogens with two attached hydrogens (primary N) is 1. The molecule has 20 heavy (non-hydrogen) atoms. The summed E-state index contributed by atoms with van der Waals surface area (Å²) in [7, 11) is 1.60. The number of aryl methyl sites for hydroxylation is 1. The second kappa shape index (κ2) is 6.49. The Kier molecular flexibility index (Phi) is 4.70. The normalized spacial score (nSPS) is 12.4. The summed E-state index contributed by atoms with van der Waals surface area (Å²) < 4.78 is 20.1. The molecule has 0 aliphatic heterocycles. The van der Waals surface area contributed by atoms with Crippen LogP contribution in [0.25, 0.3) is 0 Å². The van der Waals surface area contributed by atoms with Gasteiger partial charge in [0.15, 0.2) is 5.75 Å². The highest BCUT2D eigenvalue weighted by Gasteiger charge is 2.20. The van der Waals surface area contributed by atoms with Crippen LogP contribution in [0.1, 0.15) is 24.2 Å². The summed E-state index contributed by atoms with van der Waals surface area (Å²) in [4.78, 5) is 0. The molecule has 0 aliphatic rings. The van der Waals surface area contributed by atoms with E-state index in [4.69, 9.17) is 10.6 Å². The van der Waals surface area contributed by atoms with Crippen molar-refractivity contribution in [1.82, 2.24) is 15.2 Å². The number of rotatable bonds is 6. The minimum Gasteiger partial charge on any atom is -0.493 e. The molecule has 0 amide bonds. The van der Waals surface area contributed by atoms with Crippen molar-refractivity contribution in [2.75, 3.05) is 7.11 Å². The van der Waals surface area contributed by atoms with E-state index in [1.807, 2.05) is 11.6 Å². The molecule has 1 atom stereocenters. The van der Waals surface area contributed by atoms with Crippen LogP contribution in [0, 0.1) is 5.82 Å². The molecule has 1 aromatic heterocycles. The average molecular weight is 278 g/mol. The molecule has 0 bridgehead atoms.